The monoisotopic (exact) mass is 405 g/mol. The van der Waals surface area contributed by atoms with Gasteiger partial charge in [-0.1, -0.05) is 24.3 Å². The van der Waals surface area contributed by atoms with Crippen LogP contribution in [0, 0.1) is 13.8 Å². The van der Waals surface area contributed by atoms with Gasteiger partial charge in [-0.05, 0) is 62.6 Å². The van der Waals surface area contributed by atoms with Gasteiger partial charge in [0.2, 0.25) is 5.91 Å². The summed E-state index contributed by atoms with van der Waals surface area (Å²) in [6.07, 6.45) is 1.07. The maximum absolute atomic E-state index is 12.6. The molecule has 1 aliphatic heterocycles. The maximum atomic E-state index is 12.6. The highest BCUT2D eigenvalue weighted by Gasteiger charge is 2.17. The lowest BCUT2D eigenvalue weighted by atomic mass is 10.1. The highest BCUT2D eigenvalue weighted by molar-refractivity contribution is 5.76. The molecule has 3 aromatic rings. The Hall–Kier alpha value is -3.28. The number of para-hydroxylation sites is 1. The average molecular weight is 405 g/mol. The van der Waals surface area contributed by atoms with Gasteiger partial charge in [-0.15, -0.1) is 0 Å². The predicted octanol–water partition coefficient (Wildman–Crippen LogP) is 4.07. The van der Waals surface area contributed by atoms with Crippen molar-refractivity contribution in [2.24, 2.45) is 0 Å². The molecule has 1 amide bonds. The Labute approximate surface area is 176 Å². The van der Waals surface area contributed by atoms with Crippen molar-refractivity contribution in [1.82, 2.24) is 15.1 Å². The molecule has 1 aromatic heterocycles. The fourth-order valence-corrected chi connectivity index (χ4v) is 3.82. The summed E-state index contributed by atoms with van der Waals surface area (Å²) in [4.78, 5) is 12.6. The molecule has 1 atom stereocenters. The molecule has 0 aliphatic carbocycles. The molecule has 0 radical (unpaired) electrons. The Balaban J connectivity index is 1.39. The summed E-state index contributed by atoms with van der Waals surface area (Å²) in [6.45, 7) is 7.15. The first-order valence-electron chi connectivity index (χ1n) is 10.3. The molecule has 30 heavy (non-hydrogen) atoms. The van der Waals surface area contributed by atoms with Gasteiger partial charge in [0.15, 0.2) is 11.5 Å². The zero-order valence-corrected chi connectivity index (χ0v) is 17.6. The molecule has 1 N–H and O–H groups in total. The van der Waals surface area contributed by atoms with Gasteiger partial charge in [0, 0.05) is 12.1 Å². The van der Waals surface area contributed by atoms with E-state index < -0.39 is 0 Å². The van der Waals surface area contributed by atoms with Gasteiger partial charge in [0.05, 0.1) is 17.4 Å². The quantitative estimate of drug-likeness (QED) is 0.671. The number of carbonyl (C=O) groups is 1. The molecule has 0 bridgehead atoms. The first-order chi connectivity index (χ1) is 14.5. The van der Waals surface area contributed by atoms with Crippen molar-refractivity contribution in [3.63, 3.8) is 0 Å². The number of aryl methyl sites for hydroxylation is 1. The topological polar surface area (TPSA) is 65.4 Å². The molecule has 2 heterocycles. The molecular weight excluding hydrogens is 378 g/mol. The average Bonchev–Trinajstić information content (AvgIpc) is 3.05. The van der Waals surface area contributed by atoms with Gasteiger partial charge < -0.3 is 14.8 Å². The van der Waals surface area contributed by atoms with Gasteiger partial charge in [-0.25, -0.2) is 4.68 Å². The number of benzene rings is 2. The normalized spacial score (nSPS) is 13.7. The minimum absolute atomic E-state index is 0.0173. The fraction of sp³-hybridized carbons (Fsp3) is 0.333. The number of amides is 1. The van der Waals surface area contributed by atoms with E-state index in [9.17, 15) is 4.79 Å². The van der Waals surface area contributed by atoms with Crippen molar-refractivity contribution in [3.8, 4) is 17.2 Å². The predicted molar refractivity (Wildman–Crippen MR) is 115 cm³/mol. The lowest BCUT2D eigenvalue weighted by Gasteiger charge is -2.21. The van der Waals surface area contributed by atoms with Crippen molar-refractivity contribution in [2.75, 3.05) is 13.2 Å². The standard InChI is InChI=1S/C24H27N3O3/c1-16(19-9-11-22-23(15-19)30-14-13-29-22)25-24(28)12-10-21-17(2)26-27(18(21)3)20-7-5-4-6-8-20/h4-9,11,15-16H,10,12-14H2,1-3H3,(H,25,28). The Morgan fingerprint density at radius 3 is 2.60 bits per heavy atom. The van der Waals surface area contributed by atoms with Gasteiger partial charge in [0.1, 0.15) is 13.2 Å². The van der Waals surface area contributed by atoms with E-state index >= 15 is 0 Å². The van der Waals surface area contributed by atoms with Crippen LogP contribution in [0.25, 0.3) is 5.69 Å². The molecule has 0 saturated heterocycles. The summed E-state index contributed by atoms with van der Waals surface area (Å²) >= 11 is 0. The van der Waals surface area contributed by atoms with E-state index in [2.05, 4.69) is 17.3 Å². The van der Waals surface area contributed by atoms with E-state index in [1.165, 1.54) is 0 Å². The number of hydrogen-bond donors (Lipinski definition) is 1. The van der Waals surface area contributed by atoms with Crippen LogP contribution in [0.15, 0.2) is 48.5 Å². The molecule has 6 heteroatoms. The van der Waals surface area contributed by atoms with Gasteiger partial charge in [-0.3, -0.25) is 4.79 Å². The molecule has 0 spiro atoms. The number of ether oxygens (including phenoxy) is 2. The Bertz CT molecular complexity index is 1040. The third-order valence-electron chi connectivity index (χ3n) is 5.49. The largest absolute Gasteiger partial charge is 0.486 e. The number of nitrogens with one attached hydrogen (secondary N) is 1. The van der Waals surface area contributed by atoms with Crippen LogP contribution in [0.5, 0.6) is 11.5 Å². The highest BCUT2D eigenvalue weighted by atomic mass is 16.6. The number of aromatic nitrogens is 2. The van der Waals surface area contributed by atoms with Crippen molar-refractivity contribution in [1.29, 1.82) is 0 Å². The molecule has 1 unspecified atom stereocenters. The van der Waals surface area contributed by atoms with Crippen LogP contribution < -0.4 is 14.8 Å². The second-order valence-electron chi connectivity index (χ2n) is 7.59. The van der Waals surface area contributed by atoms with E-state index in [1.807, 2.05) is 67.1 Å². The summed E-state index contributed by atoms with van der Waals surface area (Å²) in [5, 5.41) is 7.76. The van der Waals surface area contributed by atoms with Crippen molar-refractivity contribution < 1.29 is 14.3 Å². The first-order valence-corrected chi connectivity index (χ1v) is 10.3. The van der Waals surface area contributed by atoms with Gasteiger partial charge in [0.25, 0.3) is 0 Å². The van der Waals surface area contributed by atoms with Crippen molar-refractivity contribution in [3.05, 3.63) is 71.0 Å². The van der Waals surface area contributed by atoms with E-state index in [4.69, 9.17) is 9.47 Å². The second kappa shape index (κ2) is 8.61. The summed E-state index contributed by atoms with van der Waals surface area (Å²) in [6, 6.07) is 15.8. The Morgan fingerprint density at radius 2 is 1.83 bits per heavy atom. The smallest absolute Gasteiger partial charge is 0.220 e. The minimum Gasteiger partial charge on any atom is -0.486 e. The SMILES string of the molecule is Cc1nn(-c2ccccc2)c(C)c1CCC(=O)NC(C)c1ccc2c(c1)OCCO2. The van der Waals surface area contributed by atoms with Crippen LogP contribution in [0.1, 0.15) is 41.9 Å². The summed E-state index contributed by atoms with van der Waals surface area (Å²) in [5.74, 6) is 1.51. The maximum Gasteiger partial charge on any atom is 0.220 e. The Morgan fingerprint density at radius 1 is 1.10 bits per heavy atom. The number of nitrogens with zero attached hydrogens (tertiary/aromatic N) is 2. The lowest BCUT2D eigenvalue weighted by molar-refractivity contribution is -0.121. The molecule has 1 aliphatic rings. The van der Waals surface area contributed by atoms with Crippen molar-refractivity contribution >= 4 is 5.91 Å². The molecular formula is C24H27N3O3. The number of fused-ring (bicyclic) bond motifs is 1. The summed E-state index contributed by atoms with van der Waals surface area (Å²) in [5.41, 5.74) is 5.19. The van der Waals surface area contributed by atoms with Gasteiger partial charge >= 0.3 is 0 Å². The van der Waals surface area contributed by atoms with E-state index in [0.29, 0.717) is 26.1 Å². The van der Waals surface area contributed by atoms with Crippen LogP contribution in [-0.4, -0.2) is 28.9 Å². The minimum atomic E-state index is -0.109. The summed E-state index contributed by atoms with van der Waals surface area (Å²) < 4.78 is 13.2. The lowest BCUT2D eigenvalue weighted by Crippen LogP contribution is -2.27. The molecule has 0 fully saturated rings. The molecule has 0 saturated carbocycles. The second-order valence-corrected chi connectivity index (χ2v) is 7.59. The number of rotatable bonds is 6. The molecule has 156 valence electrons. The zero-order chi connectivity index (χ0) is 21.1. The van der Waals surface area contributed by atoms with E-state index in [0.717, 1.165) is 39.7 Å². The van der Waals surface area contributed by atoms with Crippen LogP contribution in [0.2, 0.25) is 0 Å². The Kier molecular flexibility index (Phi) is 5.74. The number of carbonyl (C=O) groups excluding carboxylic acids is 1. The van der Waals surface area contributed by atoms with Crippen LogP contribution in [0.4, 0.5) is 0 Å². The third-order valence-corrected chi connectivity index (χ3v) is 5.49. The van der Waals surface area contributed by atoms with Crippen molar-refractivity contribution in [2.45, 2.75) is 39.7 Å². The summed E-state index contributed by atoms with van der Waals surface area (Å²) in [7, 11) is 0. The molecule has 2 aromatic carbocycles. The molecule has 6 nitrogen and oxygen atoms in total. The highest BCUT2D eigenvalue weighted by Crippen LogP contribution is 2.32. The molecule has 4 rings (SSSR count). The number of hydrogen-bond acceptors (Lipinski definition) is 4. The fourth-order valence-electron chi connectivity index (χ4n) is 3.82. The van der Waals surface area contributed by atoms with Gasteiger partial charge in [-0.2, -0.15) is 5.10 Å². The zero-order valence-electron chi connectivity index (χ0n) is 17.6. The first kappa shape index (κ1) is 20.0. The van der Waals surface area contributed by atoms with Crippen LogP contribution >= 0.6 is 0 Å². The van der Waals surface area contributed by atoms with E-state index in [-0.39, 0.29) is 11.9 Å². The third kappa shape index (κ3) is 4.17. The van der Waals surface area contributed by atoms with E-state index in [1.54, 1.807) is 0 Å². The van der Waals surface area contributed by atoms with Crippen LogP contribution in [0.3, 0.4) is 0 Å². The van der Waals surface area contributed by atoms with Crippen LogP contribution in [-0.2, 0) is 11.2 Å².